The Morgan fingerprint density at radius 2 is 2.06 bits per heavy atom. The molecule has 0 spiro atoms. The Bertz CT molecular complexity index is 1110. The van der Waals surface area contributed by atoms with E-state index in [9.17, 15) is 13.6 Å². The number of tetrazole rings is 1. The van der Waals surface area contributed by atoms with Gasteiger partial charge in [-0.25, -0.2) is 4.68 Å². The number of nitrogens with zero attached hydrogens (tertiary/aromatic N) is 4. The summed E-state index contributed by atoms with van der Waals surface area (Å²) in [7, 11) is 1.35. The summed E-state index contributed by atoms with van der Waals surface area (Å²) in [5, 5.41) is 14.6. The van der Waals surface area contributed by atoms with Gasteiger partial charge in [0.1, 0.15) is 0 Å². The van der Waals surface area contributed by atoms with Gasteiger partial charge >= 0.3 is 6.61 Å². The fraction of sp³-hybridized carbons (Fsp3) is 0.238. The van der Waals surface area contributed by atoms with Crippen molar-refractivity contribution >= 4 is 17.7 Å². The molecule has 0 atom stereocenters. The highest BCUT2D eigenvalue weighted by Crippen LogP contribution is 2.37. The number of halogens is 2. The maximum atomic E-state index is 12.7. The Morgan fingerprint density at radius 1 is 1.26 bits per heavy atom. The fourth-order valence-corrected chi connectivity index (χ4v) is 3.07. The first-order valence-electron chi connectivity index (χ1n) is 9.54. The first-order chi connectivity index (χ1) is 15.0. The fourth-order valence-electron chi connectivity index (χ4n) is 3.07. The summed E-state index contributed by atoms with van der Waals surface area (Å²) in [6, 6.07) is 12.1. The topological polar surface area (TPSA) is 91.2 Å². The third-order valence-corrected chi connectivity index (χ3v) is 4.62. The van der Waals surface area contributed by atoms with Gasteiger partial charge in [0.2, 0.25) is 5.91 Å². The average molecular weight is 427 g/mol. The number of nitrogens with one attached hydrogen (secondary N) is 1. The maximum absolute atomic E-state index is 12.7. The molecule has 0 unspecified atom stereocenters. The minimum Gasteiger partial charge on any atom is -0.493 e. The van der Waals surface area contributed by atoms with E-state index in [1.54, 1.807) is 35.0 Å². The molecule has 160 valence electrons. The molecule has 31 heavy (non-hydrogen) atoms. The van der Waals surface area contributed by atoms with Crippen molar-refractivity contribution in [2.45, 2.75) is 25.5 Å². The molecule has 8 nitrogen and oxygen atoms in total. The van der Waals surface area contributed by atoms with Crippen molar-refractivity contribution in [1.82, 2.24) is 20.2 Å². The zero-order valence-electron chi connectivity index (χ0n) is 16.5. The van der Waals surface area contributed by atoms with E-state index >= 15 is 0 Å². The van der Waals surface area contributed by atoms with E-state index in [0.717, 1.165) is 18.4 Å². The normalized spacial score (nSPS) is 13.5. The lowest BCUT2D eigenvalue weighted by Gasteiger charge is -2.12. The summed E-state index contributed by atoms with van der Waals surface area (Å²) < 4.78 is 36.9. The van der Waals surface area contributed by atoms with Crippen LogP contribution in [-0.2, 0) is 4.79 Å². The molecule has 0 bridgehead atoms. The van der Waals surface area contributed by atoms with Crippen molar-refractivity contribution in [3.8, 4) is 22.9 Å². The van der Waals surface area contributed by atoms with Crippen LogP contribution in [0.5, 0.6) is 11.5 Å². The zero-order valence-corrected chi connectivity index (χ0v) is 16.5. The first kappa shape index (κ1) is 20.5. The Balaban J connectivity index is 1.50. The van der Waals surface area contributed by atoms with Crippen LogP contribution < -0.4 is 14.8 Å². The van der Waals surface area contributed by atoms with Gasteiger partial charge in [0.15, 0.2) is 17.3 Å². The summed E-state index contributed by atoms with van der Waals surface area (Å²) in [5.41, 5.74) is 1.61. The predicted octanol–water partition coefficient (Wildman–Crippen LogP) is 3.94. The molecule has 4 rings (SSSR count). The Morgan fingerprint density at radius 3 is 2.81 bits per heavy atom. The smallest absolute Gasteiger partial charge is 0.387 e. The SMILES string of the molecule is COc1cccc(/C=C/C(=O)Nc2cccc(-c3nnnn3C3CC3)c2)c1OC(F)F. The molecular formula is C21H19F2N5O3. The number of carbonyl (C=O) groups excluding carboxylic acids is 1. The number of anilines is 1. The average Bonchev–Trinajstić information content (AvgIpc) is 3.48. The quantitative estimate of drug-likeness (QED) is 0.548. The highest BCUT2D eigenvalue weighted by Gasteiger charge is 2.28. The van der Waals surface area contributed by atoms with E-state index in [-0.39, 0.29) is 17.1 Å². The monoisotopic (exact) mass is 427 g/mol. The van der Waals surface area contributed by atoms with Crippen molar-refractivity contribution in [3.05, 3.63) is 54.1 Å². The van der Waals surface area contributed by atoms with Gasteiger partial charge in [0.25, 0.3) is 0 Å². The molecule has 1 aliphatic carbocycles. The molecule has 0 radical (unpaired) electrons. The number of carbonyl (C=O) groups is 1. The van der Waals surface area contributed by atoms with Crippen LogP contribution in [0.3, 0.4) is 0 Å². The van der Waals surface area contributed by atoms with Crippen LogP contribution in [-0.4, -0.2) is 39.8 Å². The van der Waals surface area contributed by atoms with Crippen molar-refractivity contribution in [2.75, 3.05) is 12.4 Å². The van der Waals surface area contributed by atoms with E-state index in [4.69, 9.17) is 4.74 Å². The maximum Gasteiger partial charge on any atom is 0.387 e. The number of alkyl halides is 2. The predicted molar refractivity (Wildman–Crippen MR) is 109 cm³/mol. The van der Waals surface area contributed by atoms with Crippen LogP contribution in [0.25, 0.3) is 17.5 Å². The lowest BCUT2D eigenvalue weighted by molar-refractivity contribution is -0.111. The van der Waals surface area contributed by atoms with Crippen LogP contribution in [0, 0.1) is 0 Å². The van der Waals surface area contributed by atoms with Gasteiger partial charge in [0, 0.05) is 22.9 Å². The van der Waals surface area contributed by atoms with Gasteiger partial charge in [-0.15, -0.1) is 5.10 Å². The lowest BCUT2D eigenvalue weighted by Crippen LogP contribution is -2.08. The number of methoxy groups -OCH3 is 1. The molecule has 1 N–H and O–H groups in total. The van der Waals surface area contributed by atoms with Gasteiger partial charge in [0.05, 0.1) is 13.2 Å². The van der Waals surface area contributed by atoms with Crippen molar-refractivity contribution < 1.29 is 23.0 Å². The van der Waals surface area contributed by atoms with Crippen LogP contribution in [0.4, 0.5) is 14.5 Å². The van der Waals surface area contributed by atoms with Crippen LogP contribution in [0.1, 0.15) is 24.4 Å². The number of aromatic nitrogens is 4. The number of hydrogen-bond donors (Lipinski definition) is 1. The molecule has 1 aliphatic rings. The zero-order chi connectivity index (χ0) is 21.8. The van der Waals surface area contributed by atoms with E-state index < -0.39 is 12.5 Å². The second kappa shape index (κ2) is 8.90. The molecule has 0 aliphatic heterocycles. The number of ether oxygens (including phenoxy) is 2. The van der Waals surface area contributed by atoms with Gasteiger partial charge in [-0.05, 0) is 47.5 Å². The number of benzene rings is 2. The summed E-state index contributed by atoms with van der Waals surface area (Å²) in [4.78, 5) is 12.4. The molecule has 1 amide bonds. The van der Waals surface area contributed by atoms with Gasteiger partial charge < -0.3 is 14.8 Å². The standard InChI is InChI=1S/C21H19F2N5O3/c1-30-17-7-3-4-13(19(17)31-21(22)23)8-11-18(29)24-15-6-2-5-14(12-15)20-25-26-27-28(20)16-9-10-16/h2-8,11-12,16,21H,9-10H2,1H3,(H,24,29)/b11-8+. The van der Waals surface area contributed by atoms with Crippen LogP contribution in [0.2, 0.25) is 0 Å². The molecule has 1 heterocycles. The molecule has 1 saturated carbocycles. The molecule has 10 heteroatoms. The Hall–Kier alpha value is -3.82. The second-order valence-corrected chi connectivity index (χ2v) is 6.84. The molecular weight excluding hydrogens is 408 g/mol. The van der Waals surface area contributed by atoms with Gasteiger partial charge in [-0.3, -0.25) is 4.79 Å². The van der Waals surface area contributed by atoms with Crippen molar-refractivity contribution in [2.24, 2.45) is 0 Å². The highest BCUT2D eigenvalue weighted by atomic mass is 19.3. The molecule has 1 fully saturated rings. The van der Waals surface area contributed by atoms with Crippen LogP contribution in [0.15, 0.2) is 48.5 Å². The summed E-state index contributed by atoms with van der Waals surface area (Å²) in [6.07, 6.45) is 4.70. The van der Waals surface area contributed by atoms with Gasteiger partial charge in [-0.2, -0.15) is 8.78 Å². The largest absolute Gasteiger partial charge is 0.493 e. The number of para-hydroxylation sites is 1. The molecule has 1 aromatic heterocycles. The number of rotatable bonds is 8. The summed E-state index contributed by atoms with van der Waals surface area (Å²) >= 11 is 0. The molecule has 0 saturated heterocycles. The number of amides is 1. The van der Waals surface area contributed by atoms with Gasteiger partial charge in [-0.1, -0.05) is 24.3 Å². The van der Waals surface area contributed by atoms with E-state index in [2.05, 4.69) is 25.6 Å². The molecule has 2 aromatic carbocycles. The van der Waals surface area contributed by atoms with Crippen molar-refractivity contribution in [3.63, 3.8) is 0 Å². The minimum atomic E-state index is -3.02. The summed E-state index contributed by atoms with van der Waals surface area (Å²) in [5.74, 6) is 0.200. The molecule has 3 aromatic rings. The second-order valence-electron chi connectivity index (χ2n) is 6.84. The lowest BCUT2D eigenvalue weighted by atomic mass is 10.1. The summed E-state index contributed by atoms with van der Waals surface area (Å²) in [6.45, 7) is -3.02. The third kappa shape index (κ3) is 4.85. The van der Waals surface area contributed by atoms with Crippen molar-refractivity contribution in [1.29, 1.82) is 0 Å². The minimum absolute atomic E-state index is 0.141. The highest BCUT2D eigenvalue weighted by molar-refractivity contribution is 6.02. The Labute approximate surface area is 176 Å². The third-order valence-electron chi connectivity index (χ3n) is 4.62. The number of hydrogen-bond acceptors (Lipinski definition) is 6. The van der Waals surface area contributed by atoms with E-state index in [1.165, 1.54) is 25.3 Å². The Kier molecular flexibility index (Phi) is 5.87. The first-order valence-corrected chi connectivity index (χ1v) is 9.54. The van der Waals surface area contributed by atoms with E-state index in [0.29, 0.717) is 17.6 Å². The van der Waals surface area contributed by atoms with E-state index in [1.807, 2.05) is 6.07 Å². The van der Waals surface area contributed by atoms with Crippen LogP contribution >= 0.6 is 0 Å².